The molecule has 1 aliphatic heterocycles. The highest BCUT2D eigenvalue weighted by atomic mass is 79.9. The van der Waals surface area contributed by atoms with Gasteiger partial charge in [-0.15, -0.1) is 0 Å². The molecular formula is C11H15BrN2O4S. The van der Waals surface area contributed by atoms with E-state index >= 15 is 0 Å². The molecule has 1 aliphatic rings. The number of aliphatic hydroxyl groups excluding tert-OH is 2. The number of rotatable bonds is 2. The second-order valence-electron chi connectivity index (χ2n) is 4.60. The van der Waals surface area contributed by atoms with Gasteiger partial charge in [0.15, 0.2) is 0 Å². The molecule has 0 aliphatic carbocycles. The molecule has 1 saturated heterocycles. The number of benzene rings is 1. The van der Waals surface area contributed by atoms with Crippen LogP contribution in [-0.2, 0) is 10.0 Å². The first kappa shape index (κ1) is 14.7. The van der Waals surface area contributed by atoms with Gasteiger partial charge in [0.05, 0.1) is 17.1 Å². The van der Waals surface area contributed by atoms with E-state index in [-0.39, 0.29) is 18.0 Å². The molecular weight excluding hydrogens is 336 g/mol. The molecule has 0 bridgehead atoms. The van der Waals surface area contributed by atoms with Crippen LogP contribution in [0.2, 0.25) is 0 Å². The summed E-state index contributed by atoms with van der Waals surface area (Å²) in [7, 11) is -3.76. The van der Waals surface area contributed by atoms with Crippen LogP contribution in [0.25, 0.3) is 0 Å². The number of aryl methyl sites for hydroxylation is 1. The Morgan fingerprint density at radius 1 is 1.32 bits per heavy atom. The molecule has 1 heterocycles. The molecule has 0 amide bonds. The molecule has 106 valence electrons. The van der Waals surface area contributed by atoms with E-state index in [0.29, 0.717) is 15.7 Å². The Kier molecular flexibility index (Phi) is 3.90. The van der Waals surface area contributed by atoms with Gasteiger partial charge in [-0.2, -0.15) is 4.31 Å². The van der Waals surface area contributed by atoms with E-state index in [1.165, 1.54) is 6.07 Å². The van der Waals surface area contributed by atoms with Crippen LogP contribution in [0.1, 0.15) is 5.56 Å². The highest BCUT2D eigenvalue weighted by molar-refractivity contribution is 9.10. The number of hydrogen-bond donors (Lipinski definition) is 3. The van der Waals surface area contributed by atoms with Crippen molar-refractivity contribution in [1.82, 2.24) is 4.31 Å². The van der Waals surface area contributed by atoms with Crippen molar-refractivity contribution in [2.45, 2.75) is 24.0 Å². The van der Waals surface area contributed by atoms with Crippen molar-refractivity contribution in [2.24, 2.45) is 0 Å². The molecule has 2 atom stereocenters. The van der Waals surface area contributed by atoms with Crippen LogP contribution >= 0.6 is 15.9 Å². The summed E-state index contributed by atoms with van der Waals surface area (Å²) in [6.45, 7) is 1.44. The molecule has 2 rings (SSSR count). The molecule has 19 heavy (non-hydrogen) atoms. The molecule has 0 aromatic heterocycles. The van der Waals surface area contributed by atoms with Crippen molar-refractivity contribution in [2.75, 3.05) is 18.8 Å². The Morgan fingerprint density at radius 3 is 2.37 bits per heavy atom. The maximum Gasteiger partial charge on any atom is 0.243 e. The summed E-state index contributed by atoms with van der Waals surface area (Å²) in [5.41, 5.74) is 6.59. The van der Waals surface area contributed by atoms with Gasteiger partial charge in [-0.25, -0.2) is 8.42 Å². The molecule has 0 radical (unpaired) electrons. The molecule has 1 aromatic carbocycles. The van der Waals surface area contributed by atoms with Crippen LogP contribution in [0.4, 0.5) is 5.69 Å². The SMILES string of the molecule is Cc1cc(Br)c(N)cc1S(=O)(=O)N1C[C@@H](O)[C@@H](O)C1. The summed E-state index contributed by atoms with van der Waals surface area (Å²) in [6.07, 6.45) is -2.11. The van der Waals surface area contributed by atoms with Crippen LogP contribution in [0, 0.1) is 6.92 Å². The van der Waals surface area contributed by atoms with E-state index < -0.39 is 22.2 Å². The number of sulfonamides is 1. The van der Waals surface area contributed by atoms with E-state index in [2.05, 4.69) is 15.9 Å². The lowest BCUT2D eigenvalue weighted by molar-refractivity contribution is 0.0572. The summed E-state index contributed by atoms with van der Waals surface area (Å²) in [5, 5.41) is 18.9. The van der Waals surface area contributed by atoms with Crippen LogP contribution in [0.15, 0.2) is 21.5 Å². The summed E-state index contributed by atoms with van der Waals surface area (Å²) >= 11 is 3.24. The van der Waals surface area contributed by atoms with Crippen LogP contribution in [-0.4, -0.2) is 48.2 Å². The second kappa shape index (κ2) is 5.02. The zero-order valence-electron chi connectivity index (χ0n) is 10.2. The zero-order valence-corrected chi connectivity index (χ0v) is 12.6. The number of anilines is 1. The van der Waals surface area contributed by atoms with Crippen molar-refractivity contribution < 1.29 is 18.6 Å². The largest absolute Gasteiger partial charge is 0.398 e. The standard InChI is InChI=1S/C11H15BrN2O4S/c1-6-2-7(12)8(13)3-11(6)19(17,18)14-4-9(15)10(16)5-14/h2-3,9-10,15-16H,4-5,13H2,1H3/t9-,10+. The average molecular weight is 351 g/mol. The van der Waals surface area contributed by atoms with Crippen molar-refractivity contribution in [3.63, 3.8) is 0 Å². The average Bonchev–Trinajstić information content (AvgIpc) is 2.65. The Labute approximate surface area is 120 Å². The number of nitrogen functional groups attached to an aromatic ring is 1. The molecule has 6 nitrogen and oxygen atoms in total. The van der Waals surface area contributed by atoms with Crippen molar-refractivity contribution in [3.05, 3.63) is 22.2 Å². The van der Waals surface area contributed by atoms with Gasteiger partial charge in [-0.1, -0.05) is 0 Å². The third-order valence-corrected chi connectivity index (χ3v) is 5.80. The van der Waals surface area contributed by atoms with E-state index in [4.69, 9.17) is 5.73 Å². The fourth-order valence-corrected chi connectivity index (χ4v) is 4.19. The smallest absolute Gasteiger partial charge is 0.243 e. The number of nitrogens with zero attached hydrogens (tertiary/aromatic N) is 1. The molecule has 8 heteroatoms. The number of hydrogen-bond acceptors (Lipinski definition) is 5. The summed E-state index contributed by atoms with van der Waals surface area (Å²) < 4.78 is 26.6. The van der Waals surface area contributed by atoms with Crippen LogP contribution in [0.3, 0.4) is 0 Å². The van der Waals surface area contributed by atoms with E-state index in [0.717, 1.165) is 4.31 Å². The van der Waals surface area contributed by atoms with Crippen molar-refractivity contribution in [3.8, 4) is 0 Å². The van der Waals surface area contributed by atoms with Gasteiger partial charge in [0, 0.05) is 23.2 Å². The van der Waals surface area contributed by atoms with Gasteiger partial charge in [-0.05, 0) is 40.5 Å². The first-order valence-corrected chi connectivity index (χ1v) is 7.88. The van der Waals surface area contributed by atoms with Gasteiger partial charge in [0.2, 0.25) is 10.0 Å². The first-order chi connectivity index (χ1) is 8.73. The summed E-state index contributed by atoms with van der Waals surface area (Å²) in [5.74, 6) is 0. The third kappa shape index (κ3) is 2.63. The predicted octanol–water partition coefficient (Wildman–Crippen LogP) is 0.0658. The third-order valence-electron chi connectivity index (χ3n) is 3.14. The van der Waals surface area contributed by atoms with Gasteiger partial charge in [-0.3, -0.25) is 0 Å². The van der Waals surface area contributed by atoms with Crippen molar-refractivity contribution >= 4 is 31.6 Å². The quantitative estimate of drug-likeness (QED) is 0.654. The molecule has 0 unspecified atom stereocenters. The minimum Gasteiger partial charge on any atom is -0.398 e. The number of halogens is 1. The van der Waals surface area contributed by atoms with Crippen molar-refractivity contribution in [1.29, 1.82) is 0 Å². The zero-order chi connectivity index (χ0) is 14.4. The summed E-state index contributed by atoms with van der Waals surface area (Å²) in [4.78, 5) is 0.0921. The Balaban J connectivity index is 2.43. The fraction of sp³-hybridized carbons (Fsp3) is 0.455. The number of nitrogens with two attached hydrogens (primary N) is 1. The van der Waals surface area contributed by atoms with Gasteiger partial charge < -0.3 is 15.9 Å². The predicted molar refractivity (Wildman–Crippen MR) is 74.1 cm³/mol. The number of β-amino-alcohol motifs (C(OH)–C–C–N with tert-alkyl or cyclic N) is 2. The van der Waals surface area contributed by atoms with E-state index in [9.17, 15) is 18.6 Å². The molecule has 0 spiro atoms. The second-order valence-corrected chi connectivity index (χ2v) is 7.36. The highest BCUT2D eigenvalue weighted by Crippen LogP contribution is 2.30. The molecule has 0 saturated carbocycles. The highest BCUT2D eigenvalue weighted by Gasteiger charge is 2.38. The lowest BCUT2D eigenvalue weighted by atomic mass is 10.2. The Morgan fingerprint density at radius 2 is 1.84 bits per heavy atom. The lowest BCUT2D eigenvalue weighted by Gasteiger charge is -2.18. The molecule has 1 aromatic rings. The Hall–Kier alpha value is -0.670. The Bertz CT molecular complexity index is 595. The minimum absolute atomic E-state index is 0.0921. The normalized spacial score (nSPS) is 24.8. The maximum absolute atomic E-state index is 12.4. The first-order valence-electron chi connectivity index (χ1n) is 5.65. The monoisotopic (exact) mass is 350 g/mol. The topological polar surface area (TPSA) is 104 Å². The molecule has 4 N–H and O–H groups in total. The van der Waals surface area contributed by atoms with E-state index in [1.807, 2.05) is 0 Å². The van der Waals surface area contributed by atoms with E-state index in [1.54, 1.807) is 13.0 Å². The van der Waals surface area contributed by atoms with Gasteiger partial charge in [0.25, 0.3) is 0 Å². The molecule has 1 fully saturated rings. The van der Waals surface area contributed by atoms with Gasteiger partial charge in [0.1, 0.15) is 0 Å². The lowest BCUT2D eigenvalue weighted by Crippen LogP contribution is -2.30. The fourth-order valence-electron chi connectivity index (χ4n) is 2.02. The summed E-state index contributed by atoms with van der Waals surface area (Å²) in [6, 6.07) is 3.01. The van der Waals surface area contributed by atoms with Crippen LogP contribution < -0.4 is 5.73 Å². The van der Waals surface area contributed by atoms with Crippen LogP contribution in [0.5, 0.6) is 0 Å². The maximum atomic E-state index is 12.4. The number of aliphatic hydroxyl groups is 2. The van der Waals surface area contributed by atoms with Gasteiger partial charge >= 0.3 is 0 Å². The minimum atomic E-state index is -3.76.